The first-order chi connectivity index (χ1) is 14.2. The molecule has 0 bridgehead atoms. The van der Waals surface area contributed by atoms with Crippen LogP contribution >= 0.6 is 0 Å². The summed E-state index contributed by atoms with van der Waals surface area (Å²) in [4.78, 5) is 37.5. The average molecular weight is 420 g/mol. The summed E-state index contributed by atoms with van der Waals surface area (Å²) in [6.45, 7) is -0.147. The van der Waals surface area contributed by atoms with Crippen LogP contribution < -0.4 is 10.1 Å². The molecule has 0 aliphatic carbocycles. The number of halogens is 2. The average Bonchev–Trinajstić information content (AvgIpc) is 2.68. The number of aryl methyl sites for hydroxylation is 2. The zero-order valence-electron chi connectivity index (χ0n) is 16.8. The van der Waals surface area contributed by atoms with Crippen LogP contribution in [0.25, 0.3) is 0 Å². The lowest BCUT2D eigenvalue weighted by Gasteiger charge is -2.18. The molecule has 0 unspecified atom stereocenters. The van der Waals surface area contributed by atoms with Gasteiger partial charge >= 0.3 is 12.6 Å². The van der Waals surface area contributed by atoms with E-state index in [1.165, 1.54) is 25.2 Å². The molecule has 9 heteroatoms. The standard InChI is InChI=1S/C21H22F2N2O5/c1-13-6-4-7-14(2)19(13)24-17(26)11-25(3)18(27)12-29-20(28)15-8-5-9-16(10-15)30-21(22)23/h4-10,21H,11-12H2,1-3H3,(H,24,26). The molecule has 2 amide bonds. The molecular weight excluding hydrogens is 398 g/mol. The van der Waals surface area contributed by atoms with E-state index in [0.717, 1.165) is 22.1 Å². The molecule has 2 aromatic carbocycles. The number of esters is 1. The number of anilines is 1. The third-order valence-corrected chi connectivity index (χ3v) is 4.17. The van der Waals surface area contributed by atoms with Crippen molar-refractivity contribution in [2.45, 2.75) is 20.5 Å². The first kappa shape index (κ1) is 22.8. The third kappa shape index (κ3) is 6.54. The van der Waals surface area contributed by atoms with Crippen LogP contribution in [0.5, 0.6) is 5.75 Å². The smallest absolute Gasteiger partial charge is 0.387 e. The molecule has 2 rings (SSSR count). The summed E-state index contributed by atoms with van der Waals surface area (Å²) in [6, 6.07) is 10.6. The van der Waals surface area contributed by atoms with Gasteiger partial charge in [0.15, 0.2) is 6.61 Å². The highest BCUT2D eigenvalue weighted by Crippen LogP contribution is 2.19. The van der Waals surface area contributed by atoms with Crippen molar-refractivity contribution < 1.29 is 32.6 Å². The fraction of sp³-hybridized carbons (Fsp3) is 0.286. The number of para-hydroxylation sites is 1. The molecule has 2 aromatic rings. The van der Waals surface area contributed by atoms with E-state index in [1.54, 1.807) is 0 Å². The van der Waals surface area contributed by atoms with E-state index < -0.39 is 31.0 Å². The Labute approximate surface area is 172 Å². The van der Waals surface area contributed by atoms with Crippen molar-refractivity contribution in [2.24, 2.45) is 0 Å². The number of nitrogens with zero attached hydrogens (tertiary/aromatic N) is 1. The van der Waals surface area contributed by atoms with Gasteiger partial charge in [-0.2, -0.15) is 8.78 Å². The number of amides is 2. The van der Waals surface area contributed by atoms with Crippen LogP contribution in [0.1, 0.15) is 21.5 Å². The monoisotopic (exact) mass is 420 g/mol. The van der Waals surface area contributed by atoms with Gasteiger partial charge < -0.3 is 19.7 Å². The van der Waals surface area contributed by atoms with Crippen molar-refractivity contribution in [2.75, 3.05) is 25.5 Å². The maximum atomic E-state index is 12.3. The molecule has 7 nitrogen and oxygen atoms in total. The number of nitrogens with one attached hydrogen (secondary N) is 1. The van der Waals surface area contributed by atoms with Crippen molar-refractivity contribution in [1.82, 2.24) is 4.90 Å². The van der Waals surface area contributed by atoms with Gasteiger partial charge in [0.2, 0.25) is 5.91 Å². The van der Waals surface area contributed by atoms with E-state index in [1.807, 2.05) is 32.0 Å². The quantitative estimate of drug-likeness (QED) is 0.663. The van der Waals surface area contributed by atoms with Crippen LogP contribution in [0.2, 0.25) is 0 Å². The summed E-state index contributed by atoms with van der Waals surface area (Å²) in [6.07, 6.45) is 0. The zero-order chi connectivity index (χ0) is 22.3. The largest absolute Gasteiger partial charge is 0.452 e. The van der Waals surface area contributed by atoms with Gasteiger partial charge in [0.05, 0.1) is 12.1 Å². The van der Waals surface area contributed by atoms with E-state index in [0.29, 0.717) is 5.69 Å². The van der Waals surface area contributed by atoms with Gasteiger partial charge in [0.25, 0.3) is 5.91 Å². The van der Waals surface area contributed by atoms with Gasteiger partial charge in [0.1, 0.15) is 5.75 Å². The summed E-state index contributed by atoms with van der Waals surface area (Å²) in [7, 11) is 1.40. The zero-order valence-corrected chi connectivity index (χ0v) is 16.8. The number of hydrogen-bond acceptors (Lipinski definition) is 5. The molecule has 0 aliphatic heterocycles. The minimum atomic E-state index is -3.03. The Balaban J connectivity index is 1.87. The number of benzene rings is 2. The van der Waals surface area contributed by atoms with Gasteiger partial charge in [-0.25, -0.2) is 4.79 Å². The molecular formula is C21H22F2N2O5. The van der Waals surface area contributed by atoms with Crippen molar-refractivity contribution in [3.05, 3.63) is 59.2 Å². The Morgan fingerprint density at radius 1 is 1.07 bits per heavy atom. The first-order valence-corrected chi connectivity index (χ1v) is 8.99. The normalized spacial score (nSPS) is 10.5. The number of ether oxygens (including phenoxy) is 2. The molecule has 1 N–H and O–H groups in total. The number of alkyl halides is 2. The van der Waals surface area contributed by atoms with E-state index in [-0.39, 0.29) is 17.9 Å². The molecule has 0 saturated carbocycles. The molecule has 160 valence electrons. The number of rotatable bonds is 8. The van der Waals surface area contributed by atoms with Crippen LogP contribution in [0.15, 0.2) is 42.5 Å². The summed E-state index contributed by atoms with van der Waals surface area (Å²) in [5, 5.41) is 2.76. The molecule has 0 saturated heterocycles. The molecule has 0 aromatic heterocycles. The van der Waals surface area contributed by atoms with E-state index in [4.69, 9.17) is 4.74 Å². The lowest BCUT2D eigenvalue weighted by atomic mass is 10.1. The van der Waals surface area contributed by atoms with Gasteiger partial charge in [-0.3, -0.25) is 9.59 Å². The number of carbonyl (C=O) groups excluding carboxylic acids is 3. The van der Waals surface area contributed by atoms with E-state index in [2.05, 4.69) is 10.1 Å². The summed E-state index contributed by atoms with van der Waals surface area (Å²) in [5.41, 5.74) is 2.42. The topological polar surface area (TPSA) is 84.9 Å². The number of carbonyl (C=O) groups is 3. The lowest BCUT2D eigenvalue weighted by molar-refractivity contribution is -0.136. The van der Waals surface area contributed by atoms with E-state index >= 15 is 0 Å². The second-order valence-corrected chi connectivity index (χ2v) is 6.55. The van der Waals surface area contributed by atoms with Gasteiger partial charge in [-0.15, -0.1) is 0 Å². The van der Waals surface area contributed by atoms with Crippen molar-refractivity contribution >= 4 is 23.5 Å². The fourth-order valence-corrected chi connectivity index (χ4v) is 2.61. The van der Waals surface area contributed by atoms with Gasteiger partial charge in [-0.05, 0) is 43.2 Å². The molecule has 0 heterocycles. The summed E-state index contributed by atoms with van der Waals surface area (Å²) in [5.74, 6) is -2.08. The predicted molar refractivity (Wildman–Crippen MR) is 106 cm³/mol. The Morgan fingerprint density at radius 3 is 2.33 bits per heavy atom. The minimum absolute atomic E-state index is 0.0450. The van der Waals surface area contributed by atoms with E-state index in [9.17, 15) is 23.2 Å². The molecule has 0 atom stereocenters. The van der Waals surface area contributed by atoms with Gasteiger partial charge in [0, 0.05) is 12.7 Å². The Bertz CT molecular complexity index is 913. The first-order valence-electron chi connectivity index (χ1n) is 8.99. The molecule has 0 fully saturated rings. The molecule has 0 aliphatic rings. The maximum absolute atomic E-state index is 12.3. The van der Waals surface area contributed by atoms with Gasteiger partial charge in [-0.1, -0.05) is 24.3 Å². The summed E-state index contributed by atoms with van der Waals surface area (Å²) >= 11 is 0. The molecule has 0 radical (unpaired) electrons. The number of likely N-dealkylation sites (N-methyl/N-ethyl adjacent to an activating group) is 1. The van der Waals surface area contributed by atoms with Crippen LogP contribution in [0, 0.1) is 13.8 Å². The second kappa shape index (κ2) is 10.3. The Morgan fingerprint density at radius 2 is 1.70 bits per heavy atom. The molecule has 0 spiro atoms. The van der Waals surface area contributed by atoms with Crippen LogP contribution in [0.3, 0.4) is 0 Å². The third-order valence-electron chi connectivity index (χ3n) is 4.17. The minimum Gasteiger partial charge on any atom is -0.452 e. The highest BCUT2D eigenvalue weighted by atomic mass is 19.3. The maximum Gasteiger partial charge on any atom is 0.387 e. The van der Waals surface area contributed by atoms with Crippen LogP contribution in [-0.4, -0.2) is 49.5 Å². The highest BCUT2D eigenvalue weighted by molar-refractivity contribution is 5.96. The second-order valence-electron chi connectivity index (χ2n) is 6.55. The van der Waals surface area contributed by atoms with Crippen molar-refractivity contribution in [1.29, 1.82) is 0 Å². The van der Waals surface area contributed by atoms with Crippen LogP contribution in [0.4, 0.5) is 14.5 Å². The lowest BCUT2D eigenvalue weighted by Crippen LogP contribution is -2.37. The van der Waals surface area contributed by atoms with Crippen LogP contribution in [-0.2, 0) is 14.3 Å². The number of hydrogen-bond donors (Lipinski definition) is 1. The molecule has 30 heavy (non-hydrogen) atoms. The predicted octanol–water partition coefficient (Wildman–Crippen LogP) is 3.16. The SMILES string of the molecule is Cc1cccc(C)c1NC(=O)CN(C)C(=O)COC(=O)c1cccc(OC(F)F)c1. The Kier molecular flexibility index (Phi) is 7.85. The summed E-state index contributed by atoms with van der Waals surface area (Å²) < 4.78 is 33.6. The fourth-order valence-electron chi connectivity index (χ4n) is 2.61. The van der Waals surface area contributed by atoms with Crippen molar-refractivity contribution in [3.8, 4) is 5.75 Å². The highest BCUT2D eigenvalue weighted by Gasteiger charge is 2.17. The van der Waals surface area contributed by atoms with Crippen molar-refractivity contribution in [3.63, 3.8) is 0 Å². The Hall–Kier alpha value is -3.49.